The van der Waals surface area contributed by atoms with E-state index in [0.29, 0.717) is 22.6 Å². The number of ketones is 1. The first-order valence-corrected chi connectivity index (χ1v) is 11.2. The first-order chi connectivity index (χ1) is 15.9. The van der Waals surface area contributed by atoms with E-state index in [2.05, 4.69) is 27.6 Å². The van der Waals surface area contributed by atoms with Crippen molar-refractivity contribution in [2.75, 3.05) is 13.7 Å². The lowest BCUT2D eigenvalue weighted by atomic mass is 10.1. The Morgan fingerprint density at radius 1 is 1.06 bits per heavy atom. The molecule has 33 heavy (non-hydrogen) atoms. The van der Waals surface area contributed by atoms with Crippen molar-refractivity contribution < 1.29 is 23.8 Å². The van der Waals surface area contributed by atoms with E-state index in [0.717, 1.165) is 14.7 Å². The van der Waals surface area contributed by atoms with E-state index in [4.69, 9.17) is 14.2 Å². The third kappa shape index (κ3) is 5.31. The minimum atomic E-state index is -0.519. The molecule has 3 aromatic carbocycles. The number of carbonyl (C=O) groups is 2. The molecule has 0 N–H and O–H groups in total. The lowest BCUT2D eigenvalue weighted by Gasteiger charge is -2.11. The predicted molar refractivity (Wildman–Crippen MR) is 134 cm³/mol. The van der Waals surface area contributed by atoms with Crippen LogP contribution in [0.1, 0.15) is 27.0 Å². The molecule has 0 saturated heterocycles. The highest BCUT2D eigenvalue weighted by molar-refractivity contribution is 14.1. The van der Waals surface area contributed by atoms with Gasteiger partial charge < -0.3 is 14.2 Å². The molecule has 1 aliphatic rings. The van der Waals surface area contributed by atoms with Gasteiger partial charge in [0.1, 0.15) is 0 Å². The number of halogens is 1. The van der Waals surface area contributed by atoms with Crippen molar-refractivity contribution >= 4 is 46.3 Å². The lowest BCUT2D eigenvalue weighted by Crippen LogP contribution is -2.11. The number of esters is 1. The molecule has 1 heterocycles. The van der Waals surface area contributed by atoms with Gasteiger partial charge in [-0.3, -0.25) is 4.79 Å². The van der Waals surface area contributed by atoms with Crippen LogP contribution in [0.25, 0.3) is 6.08 Å². The van der Waals surface area contributed by atoms with Crippen LogP contribution in [0.4, 0.5) is 0 Å². The van der Waals surface area contributed by atoms with Crippen molar-refractivity contribution in [2.45, 2.75) is 6.92 Å². The molecule has 0 aromatic heterocycles. The van der Waals surface area contributed by atoms with Crippen LogP contribution in [0.5, 0.6) is 11.5 Å². The second-order valence-corrected chi connectivity index (χ2v) is 8.45. The summed E-state index contributed by atoms with van der Waals surface area (Å²) in [4.78, 5) is 29.0. The maximum atomic E-state index is 12.3. The van der Waals surface area contributed by atoms with Gasteiger partial charge in [0.15, 0.2) is 29.6 Å². The number of rotatable bonds is 7. The molecule has 166 valence electrons. The van der Waals surface area contributed by atoms with Crippen LogP contribution in [-0.4, -0.2) is 31.4 Å². The first kappa shape index (κ1) is 22.7. The summed E-state index contributed by atoms with van der Waals surface area (Å²) in [5.74, 6) is 0.488. The molecular formula is C26H20INO5. The molecule has 0 saturated carbocycles. The molecule has 3 aromatic rings. The number of nitrogens with zero attached hydrogens (tertiary/aromatic N) is 1. The quantitative estimate of drug-likeness (QED) is 0.174. The number of hydrogen-bond donors (Lipinski definition) is 0. The standard InChI is InChI=1S/C26H20INO5/c1-16-12-19(9-10-20(16)27)25-28-21(26(30)33-25)13-17-8-11-23(24(14-17)31-2)32-15-22(29)18-6-4-3-5-7-18/h3-14H,15H2,1-2H3/b21-13-. The van der Waals surface area contributed by atoms with E-state index in [9.17, 15) is 9.59 Å². The normalized spacial score (nSPS) is 14.1. The Bertz CT molecular complexity index is 1280. The van der Waals surface area contributed by atoms with Crippen molar-refractivity contribution in [2.24, 2.45) is 4.99 Å². The van der Waals surface area contributed by atoms with Gasteiger partial charge in [0.25, 0.3) is 0 Å². The Morgan fingerprint density at radius 2 is 1.85 bits per heavy atom. The summed E-state index contributed by atoms with van der Waals surface area (Å²) in [5.41, 5.74) is 3.28. The Balaban J connectivity index is 1.52. The summed E-state index contributed by atoms with van der Waals surface area (Å²) in [6.07, 6.45) is 1.62. The highest BCUT2D eigenvalue weighted by Crippen LogP contribution is 2.30. The van der Waals surface area contributed by atoms with Crippen LogP contribution < -0.4 is 9.47 Å². The van der Waals surface area contributed by atoms with E-state index in [-0.39, 0.29) is 24.0 Å². The number of methoxy groups -OCH3 is 1. The molecule has 0 radical (unpaired) electrons. The lowest BCUT2D eigenvalue weighted by molar-refractivity contribution is -0.129. The summed E-state index contributed by atoms with van der Waals surface area (Å²) in [5, 5.41) is 0. The summed E-state index contributed by atoms with van der Waals surface area (Å²) >= 11 is 2.25. The van der Waals surface area contributed by atoms with E-state index >= 15 is 0 Å². The molecule has 0 aliphatic carbocycles. The van der Waals surface area contributed by atoms with Crippen LogP contribution in [0.2, 0.25) is 0 Å². The number of Topliss-reactive ketones (excluding diaryl/α,β-unsaturated/α-hetero) is 1. The first-order valence-electron chi connectivity index (χ1n) is 10.1. The van der Waals surface area contributed by atoms with E-state index in [1.165, 1.54) is 7.11 Å². The molecule has 4 rings (SSSR count). The Kier molecular flexibility index (Phi) is 6.88. The highest BCUT2D eigenvalue weighted by atomic mass is 127. The van der Waals surface area contributed by atoms with Crippen molar-refractivity contribution in [3.8, 4) is 11.5 Å². The number of hydrogen-bond acceptors (Lipinski definition) is 6. The average Bonchev–Trinajstić information content (AvgIpc) is 3.20. The summed E-state index contributed by atoms with van der Waals surface area (Å²) in [7, 11) is 1.51. The Morgan fingerprint density at radius 3 is 2.58 bits per heavy atom. The number of cyclic esters (lactones) is 1. The number of aliphatic imine (C=N–C) groups is 1. The molecule has 1 aliphatic heterocycles. The molecule has 0 atom stereocenters. The van der Waals surface area contributed by atoms with Crippen LogP contribution in [-0.2, 0) is 9.53 Å². The Labute approximate surface area is 205 Å². The fraction of sp³-hybridized carbons (Fsp3) is 0.115. The number of ether oxygens (including phenoxy) is 3. The predicted octanol–water partition coefficient (Wildman–Crippen LogP) is 5.21. The molecule has 0 amide bonds. The molecule has 0 bridgehead atoms. The van der Waals surface area contributed by atoms with Crippen LogP contribution >= 0.6 is 22.6 Å². The van der Waals surface area contributed by atoms with E-state index in [1.54, 1.807) is 48.5 Å². The van der Waals surface area contributed by atoms with Gasteiger partial charge in [0.05, 0.1) is 7.11 Å². The molecule has 0 spiro atoms. The molecule has 0 unspecified atom stereocenters. The fourth-order valence-corrected chi connectivity index (χ4v) is 3.55. The van der Waals surface area contributed by atoms with Gasteiger partial charge in [0.2, 0.25) is 5.90 Å². The van der Waals surface area contributed by atoms with Crippen LogP contribution in [0, 0.1) is 10.5 Å². The number of aryl methyl sites for hydroxylation is 1. The van der Waals surface area contributed by atoms with Crippen molar-refractivity contribution in [1.82, 2.24) is 0 Å². The molecule has 7 heteroatoms. The second kappa shape index (κ2) is 9.99. The summed E-state index contributed by atoms with van der Waals surface area (Å²) < 4.78 is 17.6. The van der Waals surface area contributed by atoms with Crippen molar-refractivity contribution in [3.05, 3.63) is 98.3 Å². The SMILES string of the molecule is COc1cc(/C=C2\N=C(c3ccc(I)c(C)c3)OC2=O)ccc1OCC(=O)c1ccccc1. The van der Waals surface area contributed by atoms with Gasteiger partial charge in [-0.05, 0) is 77.0 Å². The average molecular weight is 553 g/mol. The van der Waals surface area contributed by atoms with Crippen molar-refractivity contribution in [1.29, 1.82) is 0 Å². The topological polar surface area (TPSA) is 74.2 Å². The smallest absolute Gasteiger partial charge is 0.363 e. The van der Waals surface area contributed by atoms with Gasteiger partial charge in [-0.2, -0.15) is 0 Å². The van der Waals surface area contributed by atoms with E-state index in [1.807, 2.05) is 31.2 Å². The zero-order valence-corrected chi connectivity index (χ0v) is 20.2. The number of benzene rings is 3. The number of carbonyl (C=O) groups excluding carboxylic acids is 2. The minimum absolute atomic E-state index is 0.115. The van der Waals surface area contributed by atoms with Gasteiger partial charge in [-0.1, -0.05) is 36.4 Å². The van der Waals surface area contributed by atoms with Gasteiger partial charge in [-0.15, -0.1) is 0 Å². The largest absolute Gasteiger partial charge is 0.493 e. The zero-order valence-electron chi connectivity index (χ0n) is 18.0. The van der Waals surface area contributed by atoms with Crippen molar-refractivity contribution in [3.63, 3.8) is 0 Å². The maximum Gasteiger partial charge on any atom is 0.363 e. The third-order valence-corrected chi connectivity index (χ3v) is 6.18. The third-order valence-electron chi connectivity index (χ3n) is 4.97. The summed E-state index contributed by atoms with van der Waals surface area (Å²) in [6, 6.07) is 19.9. The van der Waals surface area contributed by atoms with Gasteiger partial charge >= 0.3 is 5.97 Å². The minimum Gasteiger partial charge on any atom is -0.493 e. The van der Waals surface area contributed by atoms with Gasteiger partial charge in [-0.25, -0.2) is 9.79 Å². The second-order valence-electron chi connectivity index (χ2n) is 7.29. The Hall–Kier alpha value is -3.46. The fourth-order valence-electron chi connectivity index (χ4n) is 3.21. The monoisotopic (exact) mass is 553 g/mol. The molecule has 6 nitrogen and oxygen atoms in total. The highest BCUT2D eigenvalue weighted by Gasteiger charge is 2.24. The van der Waals surface area contributed by atoms with Gasteiger partial charge in [0, 0.05) is 14.7 Å². The molecule has 0 fully saturated rings. The van der Waals surface area contributed by atoms with Crippen LogP contribution in [0.15, 0.2) is 77.4 Å². The maximum absolute atomic E-state index is 12.3. The van der Waals surface area contributed by atoms with Crippen LogP contribution in [0.3, 0.4) is 0 Å². The van der Waals surface area contributed by atoms with E-state index < -0.39 is 5.97 Å². The summed E-state index contributed by atoms with van der Waals surface area (Å²) in [6.45, 7) is 1.87. The molecular weight excluding hydrogens is 533 g/mol. The zero-order chi connectivity index (χ0) is 23.4.